The van der Waals surface area contributed by atoms with Crippen LogP contribution in [-0.2, 0) is 19.1 Å². The van der Waals surface area contributed by atoms with Crippen molar-refractivity contribution in [2.45, 2.75) is 51.4 Å². The monoisotopic (exact) mass is 325 g/mol. The fourth-order valence-electron chi connectivity index (χ4n) is 2.65. The average Bonchev–Trinajstić information content (AvgIpc) is 2.68. The number of hydrogen-bond acceptors (Lipinski definition) is 6. The van der Waals surface area contributed by atoms with Gasteiger partial charge in [0, 0.05) is 18.3 Å². The minimum Gasteiger partial charge on any atom is -0.466 e. The molecule has 2 heterocycles. The lowest BCUT2D eigenvalue weighted by Gasteiger charge is -2.28. The highest BCUT2D eigenvalue weighted by atomic mass is 32.2. The van der Waals surface area contributed by atoms with Crippen LogP contribution in [0.25, 0.3) is 0 Å². The molecule has 0 aromatic carbocycles. The summed E-state index contributed by atoms with van der Waals surface area (Å²) in [5.41, 5.74) is 1.60. The lowest BCUT2D eigenvalue weighted by atomic mass is 10.0. The highest BCUT2D eigenvalue weighted by molar-refractivity contribution is 8.04. The van der Waals surface area contributed by atoms with Gasteiger partial charge in [0.25, 0.3) is 0 Å². The number of fused-ring (bicyclic) bond motifs is 1. The van der Waals surface area contributed by atoms with Crippen LogP contribution < -0.4 is 0 Å². The van der Waals surface area contributed by atoms with Gasteiger partial charge in [-0.15, -0.1) is 0 Å². The van der Waals surface area contributed by atoms with Crippen LogP contribution in [0.3, 0.4) is 0 Å². The molecule has 122 valence electrons. The van der Waals surface area contributed by atoms with E-state index in [1.807, 2.05) is 27.7 Å². The topological polar surface area (TPSA) is 55.8 Å². The molecule has 0 atom stereocenters. The molecule has 1 saturated heterocycles. The largest absolute Gasteiger partial charge is 0.466 e. The minimum atomic E-state index is -0.373. The molecule has 0 radical (unpaired) electrons. The molecule has 6 heteroatoms. The van der Waals surface area contributed by atoms with Gasteiger partial charge in [0.1, 0.15) is 0 Å². The second-order valence-corrected chi connectivity index (χ2v) is 7.77. The lowest BCUT2D eigenvalue weighted by Crippen LogP contribution is -2.30. The third kappa shape index (κ3) is 3.32. The van der Waals surface area contributed by atoms with E-state index in [0.29, 0.717) is 12.0 Å². The summed E-state index contributed by atoms with van der Waals surface area (Å²) in [7, 11) is 1.37. The molecular weight excluding hydrogens is 302 g/mol. The van der Waals surface area contributed by atoms with Crippen molar-refractivity contribution in [3.8, 4) is 0 Å². The first-order chi connectivity index (χ1) is 10.3. The minimum absolute atomic E-state index is 0.138. The van der Waals surface area contributed by atoms with Gasteiger partial charge in [0.15, 0.2) is 0 Å². The molecule has 2 rings (SSSR count). The third-order valence-electron chi connectivity index (χ3n) is 3.62. The predicted octanol–water partition coefficient (Wildman–Crippen LogP) is 2.83. The van der Waals surface area contributed by atoms with Gasteiger partial charge >= 0.3 is 11.9 Å². The summed E-state index contributed by atoms with van der Waals surface area (Å²) in [5.74, 6) is -0.626. The number of methoxy groups -OCH3 is 1. The van der Waals surface area contributed by atoms with Gasteiger partial charge < -0.3 is 14.4 Å². The molecular formula is C16H23NO4S. The van der Waals surface area contributed by atoms with E-state index >= 15 is 0 Å². The number of carbonyl (C=O) groups is 2. The normalized spacial score (nSPS) is 22.1. The van der Waals surface area contributed by atoms with Crippen LogP contribution in [0, 0.1) is 0 Å². The number of hydrogen-bond donors (Lipinski definition) is 0. The Morgan fingerprint density at radius 1 is 1.36 bits per heavy atom. The smallest absolute Gasteiger partial charge is 0.336 e. The standard InChI is InChI=1S/C16H23NO4S/c1-10(2)21-15(19)11-7-6-8-17-12(9-13(18)20-5)16(3,4)22-14(11)17/h9-10H,6-8H2,1-5H3. The van der Waals surface area contributed by atoms with Gasteiger partial charge in [-0.2, -0.15) is 0 Å². The molecule has 22 heavy (non-hydrogen) atoms. The molecule has 0 N–H and O–H groups in total. The number of thioether (sulfide) groups is 1. The van der Waals surface area contributed by atoms with Crippen LogP contribution in [0.4, 0.5) is 0 Å². The van der Waals surface area contributed by atoms with Crippen molar-refractivity contribution in [1.29, 1.82) is 0 Å². The van der Waals surface area contributed by atoms with Crippen molar-refractivity contribution >= 4 is 23.7 Å². The number of esters is 2. The zero-order valence-corrected chi connectivity index (χ0v) is 14.6. The van der Waals surface area contributed by atoms with Gasteiger partial charge in [-0.25, -0.2) is 9.59 Å². The van der Waals surface area contributed by atoms with Gasteiger partial charge in [0.05, 0.1) is 28.6 Å². The molecule has 2 aliphatic heterocycles. The quantitative estimate of drug-likeness (QED) is 0.587. The molecule has 0 aromatic rings. The fourth-order valence-corrected chi connectivity index (χ4v) is 4.01. The summed E-state index contributed by atoms with van der Waals surface area (Å²) in [5, 5.41) is 0.914. The Balaban J connectivity index is 2.40. The SMILES string of the molecule is COC(=O)C=C1N2CCCC(C(=O)OC(C)C)=C2SC1(C)C. The van der Waals surface area contributed by atoms with Crippen molar-refractivity contribution < 1.29 is 19.1 Å². The Labute approximate surface area is 135 Å². The highest BCUT2D eigenvalue weighted by Gasteiger charge is 2.43. The van der Waals surface area contributed by atoms with Crippen LogP contribution >= 0.6 is 11.8 Å². The van der Waals surface area contributed by atoms with Crippen molar-refractivity contribution in [3.05, 3.63) is 22.4 Å². The summed E-state index contributed by atoms with van der Waals surface area (Å²) >= 11 is 1.60. The van der Waals surface area contributed by atoms with Crippen LogP contribution in [0.5, 0.6) is 0 Å². The molecule has 0 unspecified atom stereocenters. The van der Waals surface area contributed by atoms with E-state index in [2.05, 4.69) is 4.90 Å². The van der Waals surface area contributed by atoms with E-state index in [1.165, 1.54) is 13.2 Å². The molecule has 0 saturated carbocycles. The zero-order valence-electron chi connectivity index (χ0n) is 13.8. The summed E-state index contributed by atoms with van der Waals surface area (Å²) in [6.07, 6.45) is 2.96. The van der Waals surface area contributed by atoms with Gasteiger partial charge in [-0.1, -0.05) is 11.8 Å². The van der Waals surface area contributed by atoms with Crippen LogP contribution in [0.1, 0.15) is 40.5 Å². The lowest BCUT2D eigenvalue weighted by molar-refractivity contribution is -0.143. The van der Waals surface area contributed by atoms with Crippen molar-refractivity contribution in [1.82, 2.24) is 4.90 Å². The summed E-state index contributed by atoms with van der Waals surface area (Å²) < 4.78 is 9.83. The van der Waals surface area contributed by atoms with Crippen molar-refractivity contribution in [2.24, 2.45) is 0 Å². The van der Waals surface area contributed by atoms with E-state index in [1.54, 1.807) is 11.8 Å². The van der Waals surface area contributed by atoms with Crippen LogP contribution in [0.2, 0.25) is 0 Å². The maximum atomic E-state index is 12.3. The molecule has 1 fully saturated rings. The summed E-state index contributed by atoms with van der Waals surface area (Å²) in [4.78, 5) is 26.0. The van der Waals surface area contributed by atoms with Crippen molar-refractivity contribution in [3.63, 3.8) is 0 Å². The second kappa shape index (κ2) is 6.36. The number of carbonyl (C=O) groups excluding carboxylic acids is 2. The Morgan fingerprint density at radius 3 is 2.64 bits per heavy atom. The Hall–Kier alpha value is -1.43. The van der Waals surface area contributed by atoms with Crippen molar-refractivity contribution in [2.75, 3.05) is 13.7 Å². The molecule has 0 aromatic heterocycles. The maximum absolute atomic E-state index is 12.3. The molecule has 0 bridgehead atoms. The molecule has 2 aliphatic rings. The maximum Gasteiger partial charge on any atom is 0.336 e. The Morgan fingerprint density at radius 2 is 2.05 bits per heavy atom. The molecule has 0 amide bonds. The predicted molar refractivity (Wildman–Crippen MR) is 86.0 cm³/mol. The van der Waals surface area contributed by atoms with Crippen LogP contribution in [-0.4, -0.2) is 41.3 Å². The number of nitrogens with zero attached hydrogens (tertiary/aromatic N) is 1. The first-order valence-electron chi connectivity index (χ1n) is 7.47. The third-order valence-corrected chi connectivity index (χ3v) is 5.00. The Bertz CT molecular complexity index is 548. The first kappa shape index (κ1) is 16.9. The number of ether oxygens (including phenoxy) is 2. The van der Waals surface area contributed by atoms with E-state index in [4.69, 9.17) is 9.47 Å². The zero-order chi connectivity index (χ0) is 16.5. The fraction of sp³-hybridized carbons (Fsp3) is 0.625. The van der Waals surface area contributed by atoms with E-state index in [0.717, 1.165) is 23.7 Å². The molecule has 0 aliphatic carbocycles. The van der Waals surface area contributed by atoms with Gasteiger partial charge in [-0.05, 0) is 40.5 Å². The first-order valence-corrected chi connectivity index (χ1v) is 8.28. The van der Waals surface area contributed by atoms with E-state index in [-0.39, 0.29) is 22.8 Å². The Kier molecular flexibility index (Phi) is 4.90. The van der Waals surface area contributed by atoms with E-state index < -0.39 is 0 Å². The number of rotatable bonds is 3. The second-order valence-electron chi connectivity index (χ2n) is 6.16. The van der Waals surface area contributed by atoms with Gasteiger partial charge in [-0.3, -0.25) is 0 Å². The highest BCUT2D eigenvalue weighted by Crippen LogP contribution is 2.52. The van der Waals surface area contributed by atoms with E-state index in [9.17, 15) is 9.59 Å². The van der Waals surface area contributed by atoms with Gasteiger partial charge in [0.2, 0.25) is 0 Å². The average molecular weight is 325 g/mol. The molecule has 5 nitrogen and oxygen atoms in total. The van der Waals surface area contributed by atoms with Crippen LogP contribution in [0.15, 0.2) is 22.4 Å². The summed E-state index contributed by atoms with van der Waals surface area (Å²) in [6.45, 7) is 8.58. The molecule has 0 spiro atoms. The summed E-state index contributed by atoms with van der Waals surface area (Å²) in [6, 6.07) is 0.